The van der Waals surface area contributed by atoms with Gasteiger partial charge in [-0.1, -0.05) is 11.6 Å². The Morgan fingerprint density at radius 3 is 2.76 bits per heavy atom. The Bertz CT molecular complexity index is 818. The van der Waals surface area contributed by atoms with Crippen LogP contribution in [0.25, 0.3) is 10.2 Å². The fraction of sp³-hybridized carbons (Fsp3) is 0.143. The summed E-state index contributed by atoms with van der Waals surface area (Å²) in [6.07, 6.45) is 0. The summed E-state index contributed by atoms with van der Waals surface area (Å²) in [5.74, 6) is 0.785. The van der Waals surface area contributed by atoms with E-state index in [1.54, 1.807) is 24.5 Å². The Hall–Kier alpha value is -1.92. The average Bonchev–Trinajstić information content (AvgIpc) is 2.82. The predicted molar refractivity (Wildman–Crippen MR) is 86.4 cm³/mol. The normalized spacial score (nSPS) is 10.9. The highest BCUT2D eigenvalue weighted by Gasteiger charge is 2.12. The summed E-state index contributed by atoms with van der Waals surface area (Å²) in [5.41, 5.74) is 0.601. The molecule has 0 aliphatic heterocycles. The number of aromatic nitrogens is 2. The van der Waals surface area contributed by atoms with Crippen LogP contribution in [-0.2, 0) is 0 Å². The van der Waals surface area contributed by atoms with Gasteiger partial charge < -0.3 is 10.6 Å². The molecule has 3 rings (SSSR count). The predicted octanol–water partition coefficient (Wildman–Crippen LogP) is 4.58. The van der Waals surface area contributed by atoms with Crippen molar-refractivity contribution in [3.63, 3.8) is 0 Å². The lowest BCUT2D eigenvalue weighted by Crippen LogP contribution is -2.01. The number of halogens is 2. The molecule has 2 heterocycles. The van der Waals surface area contributed by atoms with Gasteiger partial charge in [0, 0.05) is 11.9 Å². The largest absolute Gasteiger partial charge is 0.357 e. The van der Waals surface area contributed by atoms with Crippen molar-refractivity contribution >= 4 is 50.6 Å². The highest BCUT2D eigenvalue weighted by Crippen LogP contribution is 2.33. The minimum Gasteiger partial charge on any atom is -0.357 e. The third-order valence-corrected chi connectivity index (χ3v) is 4.18. The topological polar surface area (TPSA) is 49.8 Å². The molecule has 0 unspecified atom stereocenters. The lowest BCUT2D eigenvalue weighted by atomic mass is 10.3. The Morgan fingerprint density at radius 1 is 1.24 bits per heavy atom. The molecule has 0 bridgehead atoms. The van der Waals surface area contributed by atoms with Gasteiger partial charge in [-0.3, -0.25) is 0 Å². The summed E-state index contributed by atoms with van der Waals surface area (Å²) in [6, 6.07) is 6.22. The molecule has 0 aliphatic carbocycles. The van der Waals surface area contributed by atoms with E-state index in [-0.39, 0.29) is 5.82 Å². The van der Waals surface area contributed by atoms with Crippen LogP contribution in [0.2, 0.25) is 5.02 Å². The van der Waals surface area contributed by atoms with E-state index in [0.29, 0.717) is 22.5 Å². The molecule has 0 atom stereocenters. The van der Waals surface area contributed by atoms with Crippen LogP contribution in [0.5, 0.6) is 0 Å². The van der Waals surface area contributed by atoms with E-state index in [9.17, 15) is 4.39 Å². The fourth-order valence-electron chi connectivity index (χ4n) is 1.97. The minimum atomic E-state index is -0.374. The molecule has 0 fully saturated rings. The highest BCUT2D eigenvalue weighted by molar-refractivity contribution is 7.18. The van der Waals surface area contributed by atoms with Gasteiger partial charge in [-0.05, 0) is 31.2 Å². The fourth-order valence-corrected chi connectivity index (χ4v) is 3.06. The maximum atomic E-state index is 13.1. The van der Waals surface area contributed by atoms with E-state index < -0.39 is 0 Å². The maximum absolute atomic E-state index is 13.1. The SMILES string of the molecule is CNc1nc(Nc2ccc(F)cc2Cl)c2cc(C)sc2n1. The van der Waals surface area contributed by atoms with Crippen LogP contribution < -0.4 is 10.6 Å². The van der Waals surface area contributed by atoms with Crippen LogP contribution in [0.3, 0.4) is 0 Å². The smallest absolute Gasteiger partial charge is 0.225 e. The van der Waals surface area contributed by atoms with Crippen LogP contribution in [0.15, 0.2) is 24.3 Å². The molecule has 21 heavy (non-hydrogen) atoms. The van der Waals surface area contributed by atoms with Gasteiger partial charge in [0.15, 0.2) is 0 Å². The zero-order valence-corrected chi connectivity index (χ0v) is 12.9. The van der Waals surface area contributed by atoms with Crippen LogP contribution in [-0.4, -0.2) is 17.0 Å². The molecule has 1 aromatic carbocycles. The van der Waals surface area contributed by atoms with Gasteiger partial charge in [0.05, 0.1) is 16.1 Å². The van der Waals surface area contributed by atoms with Crippen LogP contribution in [0.1, 0.15) is 4.88 Å². The lowest BCUT2D eigenvalue weighted by Gasteiger charge is -2.10. The van der Waals surface area contributed by atoms with Gasteiger partial charge >= 0.3 is 0 Å². The van der Waals surface area contributed by atoms with Gasteiger partial charge in [-0.2, -0.15) is 4.98 Å². The molecule has 2 N–H and O–H groups in total. The number of hydrogen-bond donors (Lipinski definition) is 2. The molecule has 0 saturated carbocycles. The lowest BCUT2D eigenvalue weighted by molar-refractivity contribution is 0.628. The molecule has 108 valence electrons. The first-order chi connectivity index (χ1) is 10.1. The number of rotatable bonds is 3. The van der Waals surface area contributed by atoms with E-state index in [0.717, 1.165) is 15.1 Å². The standard InChI is InChI=1S/C14H12ClFN4S/c1-7-5-9-12(19-14(17-2)20-13(9)21-7)18-11-4-3-8(16)6-10(11)15/h3-6H,1-2H3,(H2,17,18,19,20). The second kappa shape index (κ2) is 5.46. The Morgan fingerprint density at radius 2 is 2.05 bits per heavy atom. The Kier molecular flexibility index (Phi) is 3.65. The average molecular weight is 323 g/mol. The first-order valence-corrected chi connectivity index (χ1v) is 7.44. The first kappa shape index (κ1) is 14.0. The van der Waals surface area contributed by atoms with Gasteiger partial charge in [0.1, 0.15) is 16.5 Å². The van der Waals surface area contributed by atoms with Crippen molar-refractivity contribution < 1.29 is 4.39 Å². The maximum Gasteiger partial charge on any atom is 0.225 e. The Balaban J connectivity index is 2.10. The summed E-state index contributed by atoms with van der Waals surface area (Å²) in [5, 5.41) is 7.30. The molecule has 3 aromatic rings. The van der Waals surface area contributed by atoms with E-state index in [4.69, 9.17) is 11.6 Å². The molecule has 0 aliphatic rings. The number of aryl methyl sites for hydroxylation is 1. The third kappa shape index (κ3) is 2.77. The van der Waals surface area contributed by atoms with Gasteiger partial charge in [-0.15, -0.1) is 11.3 Å². The molecule has 0 amide bonds. The molecule has 0 saturated heterocycles. The molecule has 0 spiro atoms. The van der Waals surface area contributed by atoms with E-state index in [1.165, 1.54) is 12.1 Å². The number of nitrogens with zero attached hydrogens (tertiary/aromatic N) is 2. The second-order valence-electron chi connectivity index (χ2n) is 4.47. The third-order valence-electron chi connectivity index (χ3n) is 2.92. The van der Waals surface area contributed by atoms with Crippen molar-refractivity contribution in [3.8, 4) is 0 Å². The molecular weight excluding hydrogens is 311 g/mol. The second-order valence-corrected chi connectivity index (χ2v) is 6.11. The highest BCUT2D eigenvalue weighted by atomic mass is 35.5. The molecule has 7 heteroatoms. The number of fused-ring (bicyclic) bond motifs is 1. The van der Waals surface area contributed by atoms with Gasteiger partial charge in [-0.25, -0.2) is 9.37 Å². The number of thiophene rings is 1. The molecule has 2 aromatic heterocycles. The van der Waals surface area contributed by atoms with E-state index >= 15 is 0 Å². The van der Waals surface area contributed by atoms with E-state index in [1.807, 2.05) is 13.0 Å². The summed E-state index contributed by atoms with van der Waals surface area (Å²) in [6.45, 7) is 2.01. The zero-order valence-electron chi connectivity index (χ0n) is 11.4. The molecule has 0 radical (unpaired) electrons. The summed E-state index contributed by atoms with van der Waals surface area (Å²) in [4.78, 5) is 10.9. The number of hydrogen-bond acceptors (Lipinski definition) is 5. The molecular formula is C14H12ClFN4S. The van der Waals surface area contributed by atoms with Crippen LogP contribution >= 0.6 is 22.9 Å². The van der Waals surface area contributed by atoms with Crippen molar-refractivity contribution in [3.05, 3.63) is 40.0 Å². The van der Waals surface area contributed by atoms with Crippen LogP contribution in [0.4, 0.5) is 21.8 Å². The number of benzene rings is 1. The monoisotopic (exact) mass is 322 g/mol. The van der Waals surface area contributed by atoms with Crippen molar-refractivity contribution in [2.75, 3.05) is 17.7 Å². The van der Waals surface area contributed by atoms with Crippen molar-refractivity contribution in [1.82, 2.24) is 9.97 Å². The van der Waals surface area contributed by atoms with Gasteiger partial charge in [0.2, 0.25) is 5.95 Å². The summed E-state index contributed by atoms with van der Waals surface area (Å²) in [7, 11) is 1.76. The van der Waals surface area contributed by atoms with Crippen LogP contribution in [0, 0.1) is 12.7 Å². The van der Waals surface area contributed by atoms with Crippen molar-refractivity contribution in [2.45, 2.75) is 6.92 Å². The molecule has 4 nitrogen and oxygen atoms in total. The van der Waals surface area contributed by atoms with Crippen molar-refractivity contribution in [1.29, 1.82) is 0 Å². The summed E-state index contributed by atoms with van der Waals surface area (Å²) >= 11 is 7.64. The number of anilines is 3. The zero-order chi connectivity index (χ0) is 15.0. The quantitative estimate of drug-likeness (QED) is 0.741. The van der Waals surface area contributed by atoms with Gasteiger partial charge in [0.25, 0.3) is 0 Å². The Labute approximate surface area is 130 Å². The minimum absolute atomic E-state index is 0.305. The first-order valence-electron chi connectivity index (χ1n) is 6.25. The summed E-state index contributed by atoms with van der Waals surface area (Å²) < 4.78 is 13.1. The number of nitrogens with one attached hydrogen (secondary N) is 2. The van der Waals surface area contributed by atoms with Crippen molar-refractivity contribution in [2.24, 2.45) is 0 Å². The van der Waals surface area contributed by atoms with E-state index in [2.05, 4.69) is 20.6 Å².